The molecule has 0 radical (unpaired) electrons. The first kappa shape index (κ1) is 15.7. The second-order valence-electron chi connectivity index (χ2n) is 5.62. The minimum atomic E-state index is -1.52. The summed E-state index contributed by atoms with van der Waals surface area (Å²) in [6.45, 7) is 3.37. The van der Waals surface area contributed by atoms with Crippen molar-refractivity contribution in [2.24, 2.45) is 0 Å². The number of aliphatic carboxylic acids is 2. The summed E-state index contributed by atoms with van der Waals surface area (Å²) in [6.07, 6.45) is 11.6. The van der Waals surface area contributed by atoms with E-state index in [0.717, 1.165) is 0 Å². The van der Waals surface area contributed by atoms with Crippen LogP contribution < -0.4 is 0 Å². The highest BCUT2D eigenvalue weighted by atomic mass is 16.4. The molecule has 0 saturated heterocycles. The van der Waals surface area contributed by atoms with Crippen LogP contribution in [0.3, 0.4) is 0 Å². The number of aryl methyl sites for hydroxylation is 2. The molecule has 2 aromatic rings. The molecule has 0 fully saturated rings. The van der Waals surface area contributed by atoms with Crippen LogP contribution in [-0.4, -0.2) is 41.3 Å². The molecular formula is C16H16N4O4. The largest absolute Gasteiger partial charge is 0.479 e. The maximum absolute atomic E-state index is 11.9. The monoisotopic (exact) mass is 328 g/mol. The number of carboxylic acid groups (broad SMARTS) is 2. The molecule has 0 atom stereocenters. The molecule has 0 spiro atoms. The Hall–Kier alpha value is -3.16. The van der Waals surface area contributed by atoms with E-state index in [-0.39, 0.29) is 0 Å². The number of carboxylic acids is 2. The quantitative estimate of drug-likeness (QED) is 0.813. The first-order valence-electron chi connectivity index (χ1n) is 7.22. The molecule has 0 aliphatic heterocycles. The fourth-order valence-electron chi connectivity index (χ4n) is 2.97. The molecule has 2 heterocycles. The van der Waals surface area contributed by atoms with E-state index < -0.39 is 23.0 Å². The number of nitrogens with zero attached hydrogens (tertiary/aromatic N) is 4. The zero-order valence-corrected chi connectivity index (χ0v) is 13.1. The van der Waals surface area contributed by atoms with Gasteiger partial charge >= 0.3 is 11.9 Å². The predicted molar refractivity (Wildman–Crippen MR) is 83.4 cm³/mol. The molecule has 0 saturated carbocycles. The van der Waals surface area contributed by atoms with Crippen molar-refractivity contribution in [3.63, 3.8) is 0 Å². The lowest BCUT2D eigenvalue weighted by Gasteiger charge is -2.34. The maximum Gasteiger partial charge on any atom is 0.338 e. The number of hydrogen-bond acceptors (Lipinski definition) is 4. The summed E-state index contributed by atoms with van der Waals surface area (Å²) in [4.78, 5) is 32.0. The molecule has 0 aromatic carbocycles. The second kappa shape index (κ2) is 5.19. The average molecular weight is 328 g/mol. The summed E-state index contributed by atoms with van der Waals surface area (Å²) >= 11 is 0. The minimum Gasteiger partial charge on any atom is -0.479 e. The Kier molecular flexibility index (Phi) is 3.40. The van der Waals surface area contributed by atoms with Gasteiger partial charge in [-0.1, -0.05) is 0 Å². The number of hydrogen-bond donors (Lipinski definition) is 2. The molecule has 0 bridgehead atoms. The van der Waals surface area contributed by atoms with Crippen LogP contribution in [0.4, 0.5) is 0 Å². The molecule has 0 unspecified atom stereocenters. The predicted octanol–water partition coefficient (Wildman–Crippen LogP) is 1.08. The standard InChI is InChI=1S/C16H16N4O4/c1-11-17-7-9-19(11)15(13(21)22)3-5-16(6-4-15,14(23)24)20-10-8-18-12(20)2/h3-10H,1-2H3,(H,21,22)(H,23,24). The maximum atomic E-state index is 11.9. The SMILES string of the molecule is Cc1nccn1C1(C(=O)O)C=CC(C(=O)O)(n2ccnc2C)C=C1. The zero-order chi connectivity index (χ0) is 17.5. The lowest BCUT2D eigenvalue weighted by atomic mass is 9.84. The Balaban J connectivity index is 2.17. The van der Waals surface area contributed by atoms with Crippen molar-refractivity contribution in [1.82, 2.24) is 19.1 Å². The van der Waals surface area contributed by atoms with E-state index in [1.165, 1.54) is 45.8 Å². The van der Waals surface area contributed by atoms with Gasteiger partial charge in [0, 0.05) is 24.8 Å². The van der Waals surface area contributed by atoms with Crippen LogP contribution in [0.15, 0.2) is 49.1 Å². The van der Waals surface area contributed by atoms with Gasteiger partial charge in [0.05, 0.1) is 0 Å². The molecule has 3 rings (SSSR count). The highest BCUT2D eigenvalue weighted by Gasteiger charge is 2.45. The van der Waals surface area contributed by atoms with Gasteiger partial charge in [-0.05, 0) is 38.2 Å². The normalized spacial score (nSPS) is 25.8. The Bertz CT molecular complexity index is 790. The first-order chi connectivity index (χ1) is 11.3. The van der Waals surface area contributed by atoms with E-state index >= 15 is 0 Å². The summed E-state index contributed by atoms with van der Waals surface area (Å²) in [5.41, 5.74) is -3.04. The summed E-state index contributed by atoms with van der Waals surface area (Å²) in [5, 5.41) is 19.5. The van der Waals surface area contributed by atoms with Crippen LogP contribution in [0.1, 0.15) is 11.6 Å². The molecule has 1 aliphatic carbocycles. The first-order valence-corrected chi connectivity index (χ1v) is 7.22. The van der Waals surface area contributed by atoms with E-state index in [0.29, 0.717) is 11.6 Å². The van der Waals surface area contributed by atoms with Crippen molar-refractivity contribution >= 4 is 11.9 Å². The molecular weight excluding hydrogens is 312 g/mol. The molecule has 124 valence electrons. The average Bonchev–Trinajstić information content (AvgIpc) is 3.16. The van der Waals surface area contributed by atoms with Crippen molar-refractivity contribution in [2.75, 3.05) is 0 Å². The van der Waals surface area contributed by atoms with Crippen LogP contribution in [0.25, 0.3) is 0 Å². The zero-order valence-electron chi connectivity index (χ0n) is 13.1. The van der Waals surface area contributed by atoms with Gasteiger partial charge in [-0.2, -0.15) is 0 Å². The molecule has 8 heteroatoms. The van der Waals surface area contributed by atoms with Crippen molar-refractivity contribution in [2.45, 2.75) is 24.9 Å². The van der Waals surface area contributed by atoms with Crippen LogP contribution in [0.2, 0.25) is 0 Å². The topological polar surface area (TPSA) is 110 Å². The summed E-state index contributed by atoms with van der Waals surface area (Å²) < 4.78 is 2.96. The fourth-order valence-corrected chi connectivity index (χ4v) is 2.97. The van der Waals surface area contributed by atoms with Gasteiger partial charge in [0.25, 0.3) is 0 Å². The lowest BCUT2D eigenvalue weighted by molar-refractivity contribution is -0.145. The Morgan fingerprint density at radius 2 is 1.17 bits per heavy atom. The van der Waals surface area contributed by atoms with Crippen LogP contribution in [0.5, 0.6) is 0 Å². The van der Waals surface area contributed by atoms with E-state index in [9.17, 15) is 19.8 Å². The van der Waals surface area contributed by atoms with Crippen LogP contribution >= 0.6 is 0 Å². The minimum absolute atomic E-state index is 0.508. The third kappa shape index (κ3) is 1.99. The van der Waals surface area contributed by atoms with Crippen molar-refractivity contribution in [3.8, 4) is 0 Å². The van der Waals surface area contributed by atoms with E-state index in [1.807, 2.05) is 0 Å². The van der Waals surface area contributed by atoms with Crippen LogP contribution in [0, 0.1) is 13.8 Å². The molecule has 8 nitrogen and oxygen atoms in total. The highest BCUT2D eigenvalue weighted by Crippen LogP contribution is 2.34. The van der Waals surface area contributed by atoms with Crippen molar-refractivity contribution in [3.05, 3.63) is 60.7 Å². The van der Waals surface area contributed by atoms with Gasteiger partial charge in [-0.3, -0.25) is 0 Å². The van der Waals surface area contributed by atoms with E-state index in [1.54, 1.807) is 26.2 Å². The molecule has 2 aromatic heterocycles. The van der Waals surface area contributed by atoms with Gasteiger partial charge in [0.2, 0.25) is 0 Å². The summed E-state index contributed by atoms with van der Waals surface area (Å²) in [6, 6.07) is 0. The number of rotatable bonds is 4. The van der Waals surface area contributed by atoms with Gasteiger partial charge in [0.1, 0.15) is 11.6 Å². The molecule has 24 heavy (non-hydrogen) atoms. The Morgan fingerprint density at radius 1 is 0.833 bits per heavy atom. The fraction of sp³-hybridized carbons (Fsp3) is 0.250. The van der Waals surface area contributed by atoms with Gasteiger partial charge in [-0.15, -0.1) is 0 Å². The number of aromatic nitrogens is 4. The second-order valence-corrected chi connectivity index (χ2v) is 5.62. The third-order valence-corrected chi connectivity index (χ3v) is 4.32. The number of carbonyl (C=O) groups is 2. The van der Waals surface area contributed by atoms with Crippen molar-refractivity contribution < 1.29 is 19.8 Å². The van der Waals surface area contributed by atoms with Gasteiger partial charge in [0.15, 0.2) is 11.1 Å². The molecule has 1 aliphatic rings. The third-order valence-electron chi connectivity index (χ3n) is 4.32. The van der Waals surface area contributed by atoms with Crippen LogP contribution in [-0.2, 0) is 20.7 Å². The van der Waals surface area contributed by atoms with Gasteiger partial charge < -0.3 is 19.3 Å². The Morgan fingerprint density at radius 3 is 1.38 bits per heavy atom. The highest BCUT2D eigenvalue weighted by molar-refractivity contribution is 5.87. The molecule has 0 amide bonds. The van der Waals surface area contributed by atoms with Crippen molar-refractivity contribution in [1.29, 1.82) is 0 Å². The van der Waals surface area contributed by atoms with Gasteiger partial charge in [-0.25, -0.2) is 19.6 Å². The number of imidazole rings is 2. The molecule has 2 N–H and O–H groups in total. The summed E-state index contributed by atoms with van der Waals surface area (Å²) in [5.74, 6) is -1.24. The van der Waals surface area contributed by atoms with E-state index in [2.05, 4.69) is 9.97 Å². The smallest absolute Gasteiger partial charge is 0.338 e. The lowest BCUT2D eigenvalue weighted by Crippen LogP contribution is -2.46. The Labute approximate surface area is 137 Å². The summed E-state index contributed by atoms with van der Waals surface area (Å²) in [7, 11) is 0. The van der Waals surface area contributed by atoms with E-state index in [4.69, 9.17) is 0 Å².